The average molecular weight is 330 g/mol. The van der Waals surface area contributed by atoms with Crippen LogP contribution in [0.2, 0.25) is 0 Å². The van der Waals surface area contributed by atoms with Crippen LogP contribution in [-0.4, -0.2) is 10.2 Å². The first kappa shape index (κ1) is 13.6. The molecule has 2 aromatic rings. The second kappa shape index (κ2) is 5.44. The first-order valence-corrected chi connectivity index (χ1v) is 6.16. The van der Waals surface area contributed by atoms with E-state index in [1.165, 1.54) is 18.2 Å². The molecule has 0 heterocycles. The number of phenols is 2. The van der Waals surface area contributed by atoms with Gasteiger partial charge in [0.25, 0.3) is 0 Å². The Bertz CT molecular complexity index is 620. The summed E-state index contributed by atoms with van der Waals surface area (Å²) in [4.78, 5) is 0. The van der Waals surface area contributed by atoms with Crippen molar-refractivity contribution in [2.75, 3.05) is 5.32 Å². The second-order valence-corrected chi connectivity index (χ2v) is 4.77. The summed E-state index contributed by atoms with van der Waals surface area (Å²) in [5, 5.41) is 21.4. The number of anilines is 1. The first-order chi connectivity index (χ1) is 8.97. The van der Waals surface area contributed by atoms with Gasteiger partial charge < -0.3 is 15.5 Å². The highest BCUT2D eigenvalue weighted by molar-refractivity contribution is 9.10. The van der Waals surface area contributed by atoms with Gasteiger partial charge in [-0.25, -0.2) is 8.78 Å². The van der Waals surface area contributed by atoms with Gasteiger partial charge in [-0.05, 0) is 34.1 Å². The Kier molecular flexibility index (Phi) is 3.90. The van der Waals surface area contributed by atoms with Gasteiger partial charge in [-0.15, -0.1) is 0 Å². The number of rotatable bonds is 3. The topological polar surface area (TPSA) is 52.5 Å². The lowest BCUT2D eigenvalue weighted by Crippen LogP contribution is -2.02. The van der Waals surface area contributed by atoms with Crippen molar-refractivity contribution in [2.45, 2.75) is 6.54 Å². The molecule has 3 nitrogen and oxygen atoms in total. The van der Waals surface area contributed by atoms with Crippen molar-refractivity contribution >= 4 is 21.6 Å². The van der Waals surface area contributed by atoms with Crippen LogP contribution in [-0.2, 0) is 6.54 Å². The van der Waals surface area contributed by atoms with E-state index >= 15 is 0 Å². The summed E-state index contributed by atoms with van der Waals surface area (Å²) < 4.78 is 26.9. The van der Waals surface area contributed by atoms with E-state index in [0.29, 0.717) is 5.56 Å². The average Bonchev–Trinajstić information content (AvgIpc) is 2.34. The molecule has 0 aliphatic heterocycles. The zero-order valence-electron chi connectivity index (χ0n) is 9.62. The van der Waals surface area contributed by atoms with E-state index in [0.717, 1.165) is 12.1 Å². The molecule has 0 saturated carbocycles. The summed E-state index contributed by atoms with van der Waals surface area (Å²) >= 11 is 2.89. The maximum Gasteiger partial charge on any atom is 0.147 e. The minimum Gasteiger partial charge on any atom is -0.508 e. The molecule has 0 amide bonds. The van der Waals surface area contributed by atoms with Gasteiger partial charge in [-0.2, -0.15) is 0 Å². The predicted octanol–water partition coefficient (Wildman–Crippen LogP) is 3.75. The minimum atomic E-state index is -0.605. The lowest BCUT2D eigenvalue weighted by Gasteiger charge is -2.10. The molecule has 0 atom stereocenters. The van der Waals surface area contributed by atoms with Gasteiger partial charge in [0.1, 0.15) is 23.1 Å². The molecule has 0 aliphatic rings. The van der Waals surface area contributed by atoms with E-state index in [1.54, 1.807) is 0 Å². The van der Waals surface area contributed by atoms with Crippen molar-refractivity contribution in [3.63, 3.8) is 0 Å². The van der Waals surface area contributed by atoms with Crippen LogP contribution in [0.4, 0.5) is 14.5 Å². The number of phenolic OH excluding ortho intramolecular Hbond substituents is 2. The highest BCUT2D eigenvalue weighted by atomic mass is 79.9. The van der Waals surface area contributed by atoms with Gasteiger partial charge in [0, 0.05) is 24.2 Å². The van der Waals surface area contributed by atoms with Crippen LogP contribution in [0.25, 0.3) is 0 Å². The van der Waals surface area contributed by atoms with Crippen molar-refractivity contribution in [2.24, 2.45) is 0 Å². The van der Waals surface area contributed by atoms with Crippen LogP contribution < -0.4 is 5.32 Å². The van der Waals surface area contributed by atoms with Crippen LogP contribution in [0.1, 0.15) is 5.56 Å². The molecule has 0 aromatic heterocycles. The fraction of sp³-hybridized carbons (Fsp3) is 0.0769. The molecule has 0 aliphatic carbocycles. The molecule has 3 N–H and O–H groups in total. The Morgan fingerprint density at radius 3 is 2.47 bits per heavy atom. The third-order valence-corrected chi connectivity index (χ3v) is 3.16. The molecule has 0 fully saturated rings. The smallest absolute Gasteiger partial charge is 0.147 e. The molecule has 0 unspecified atom stereocenters. The van der Waals surface area contributed by atoms with Crippen molar-refractivity contribution < 1.29 is 19.0 Å². The highest BCUT2D eigenvalue weighted by Gasteiger charge is 2.09. The molecule has 2 aromatic carbocycles. The molecule has 2 rings (SSSR count). The third-order valence-electron chi connectivity index (χ3n) is 2.55. The molecule has 100 valence electrons. The molecule has 6 heteroatoms. The Morgan fingerprint density at radius 2 is 1.79 bits per heavy atom. The second-order valence-electron chi connectivity index (χ2n) is 3.91. The molecular formula is C13H10BrF2NO2. The van der Waals surface area contributed by atoms with Gasteiger partial charge in [-0.1, -0.05) is 0 Å². The highest BCUT2D eigenvalue weighted by Crippen LogP contribution is 2.26. The lowest BCUT2D eigenvalue weighted by atomic mass is 10.2. The number of aromatic hydroxyl groups is 2. The van der Waals surface area contributed by atoms with Crippen LogP contribution in [0, 0.1) is 11.6 Å². The van der Waals surface area contributed by atoms with E-state index in [-0.39, 0.29) is 28.2 Å². The van der Waals surface area contributed by atoms with E-state index in [4.69, 9.17) is 5.11 Å². The summed E-state index contributed by atoms with van der Waals surface area (Å²) in [5.74, 6) is -1.38. The Hall–Kier alpha value is -1.82. The number of nitrogens with one attached hydrogen (secondary N) is 1. The van der Waals surface area contributed by atoms with Crippen molar-refractivity contribution in [3.05, 3.63) is 52.0 Å². The summed E-state index contributed by atoms with van der Waals surface area (Å²) in [6.45, 7) is 0.101. The first-order valence-electron chi connectivity index (χ1n) is 5.36. The SMILES string of the molecule is Oc1ccc(CNc2cc(F)c(Br)cc2F)c(O)c1. The molecule has 0 saturated heterocycles. The maximum atomic E-state index is 13.5. The maximum absolute atomic E-state index is 13.5. The van der Waals surface area contributed by atoms with Gasteiger partial charge >= 0.3 is 0 Å². The van der Waals surface area contributed by atoms with Crippen LogP contribution in [0.15, 0.2) is 34.8 Å². The van der Waals surface area contributed by atoms with E-state index in [1.807, 2.05) is 0 Å². The van der Waals surface area contributed by atoms with E-state index in [2.05, 4.69) is 21.2 Å². The van der Waals surface area contributed by atoms with Gasteiger partial charge in [-0.3, -0.25) is 0 Å². The Labute approximate surface area is 116 Å². The van der Waals surface area contributed by atoms with Crippen molar-refractivity contribution in [1.29, 1.82) is 0 Å². The minimum absolute atomic E-state index is 0.00632. The number of hydrogen-bond acceptors (Lipinski definition) is 3. The Morgan fingerprint density at radius 1 is 1.05 bits per heavy atom. The fourth-order valence-electron chi connectivity index (χ4n) is 1.55. The number of halogens is 3. The van der Waals surface area contributed by atoms with Gasteiger partial charge in [0.2, 0.25) is 0 Å². The number of benzene rings is 2. The quantitative estimate of drug-likeness (QED) is 0.752. The molecule has 19 heavy (non-hydrogen) atoms. The molecule has 0 spiro atoms. The van der Waals surface area contributed by atoms with E-state index in [9.17, 15) is 13.9 Å². The monoisotopic (exact) mass is 329 g/mol. The number of hydrogen-bond donors (Lipinski definition) is 3. The third kappa shape index (κ3) is 3.14. The van der Waals surface area contributed by atoms with Gasteiger partial charge in [0.05, 0.1) is 10.2 Å². The van der Waals surface area contributed by atoms with Gasteiger partial charge in [0.15, 0.2) is 0 Å². The summed E-state index contributed by atoms with van der Waals surface area (Å²) in [5.41, 5.74) is 0.453. The normalized spacial score (nSPS) is 10.5. The zero-order chi connectivity index (χ0) is 14.0. The molecular weight excluding hydrogens is 320 g/mol. The summed E-state index contributed by atoms with van der Waals surface area (Å²) in [6, 6.07) is 6.11. The van der Waals surface area contributed by atoms with Crippen molar-refractivity contribution in [1.82, 2.24) is 0 Å². The summed E-state index contributed by atoms with van der Waals surface area (Å²) in [6.07, 6.45) is 0. The van der Waals surface area contributed by atoms with E-state index < -0.39 is 11.6 Å². The summed E-state index contributed by atoms with van der Waals surface area (Å²) in [7, 11) is 0. The molecule has 0 bridgehead atoms. The molecule has 0 radical (unpaired) electrons. The van der Waals surface area contributed by atoms with Crippen LogP contribution >= 0.6 is 15.9 Å². The standard InChI is InChI=1S/C13H10BrF2NO2/c14-9-4-11(16)12(5-10(9)15)17-6-7-1-2-8(18)3-13(7)19/h1-5,17-19H,6H2. The predicted molar refractivity (Wildman–Crippen MR) is 71.2 cm³/mol. The Balaban J connectivity index is 2.16. The van der Waals surface area contributed by atoms with Crippen LogP contribution in [0.3, 0.4) is 0 Å². The largest absolute Gasteiger partial charge is 0.508 e. The van der Waals surface area contributed by atoms with Crippen molar-refractivity contribution in [3.8, 4) is 11.5 Å². The van der Waals surface area contributed by atoms with Crippen LogP contribution in [0.5, 0.6) is 11.5 Å². The lowest BCUT2D eigenvalue weighted by molar-refractivity contribution is 0.446. The fourth-order valence-corrected chi connectivity index (χ4v) is 1.87. The zero-order valence-corrected chi connectivity index (χ0v) is 11.2.